The molecule has 0 heterocycles. The molecule has 3 amide bonds. The summed E-state index contributed by atoms with van der Waals surface area (Å²) in [6, 6.07) is 5.86. The van der Waals surface area contributed by atoms with Crippen LogP contribution in [-0.4, -0.2) is 47.0 Å². The van der Waals surface area contributed by atoms with E-state index in [2.05, 4.69) is 10.6 Å². The average Bonchev–Trinajstić information content (AvgIpc) is 2.58. The van der Waals surface area contributed by atoms with Gasteiger partial charge in [0.05, 0.1) is 0 Å². The van der Waals surface area contributed by atoms with Crippen LogP contribution in [-0.2, 0) is 14.3 Å². The second kappa shape index (κ2) is 10.8. The first-order valence-corrected chi connectivity index (χ1v) is 11.2. The maximum Gasteiger partial charge on any atom is 0.408 e. The maximum absolute atomic E-state index is 13.6. The standard InChI is InChI=1S/C25H41N3O4/c1-16(2)15-19(26-23(31)32-25(7,8)9)22(30)28(10)20(21(29)27-24(4,5)6)18-14-12-11-13-17(18)3/h11-14,16,19-20H,15H2,1-10H3,(H,26,31)(H,27,29). The number of alkyl carbamates (subject to hydrolysis) is 1. The molecule has 1 aromatic carbocycles. The van der Waals surface area contributed by atoms with Crippen molar-refractivity contribution in [2.75, 3.05) is 7.05 Å². The molecule has 1 aromatic rings. The van der Waals surface area contributed by atoms with Crippen molar-refractivity contribution in [1.82, 2.24) is 15.5 Å². The molecule has 180 valence electrons. The number of rotatable bonds is 7. The van der Waals surface area contributed by atoms with Gasteiger partial charge in [-0.1, -0.05) is 38.1 Å². The number of hydrogen-bond donors (Lipinski definition) is 2. The zero-order chi connectivity index (χ0) is 24.9. The normalized spacial score (nSPS) is 13.8. The highest BCUT2D eigenvalue weighted by atomic mass is 16.6. The molecule has 0 saturated carbocycles. The van der Waals surface area contributed by atoms with Gasteiger partial charge >= 0.3 is 6.09 Å². The summed E-state index contributed by atoms with van der Waals surface area (Å²) >= 11 is 0. The average molecular weight is 448 g/mol. The van der Waals surface area contributed by atoms with Gasteiger partial charge in [0.15, 0.2) is 0 Å². The zero-order valence-electron chi connectivity index (χ0n) is 21.3. The second-order valence-corrected chi connectivity index (χ2v) is 10.8. The quantitative estimate of drug-likeness (QED) is 0.650. The lowest BCUT2D eigenvalue weighted by Crippen LogP contribution is -2.53. The molecular weight excluding hydrogens is 406 g/mol. The first-order valence-electron chi connectivity index (χ1n) is 11.2. The Morgan fingerprint density at radius 2 is 1.59 bits per heavy atom. The molecule has 1 rings (SSSR count). The largest absolute Gasteiger partial charge is 0.444 e. The molecule has 0 aliphatic heterocycles. The van der Waals surface area contributed by atoms with E-state index in [1.54, 1.807) is 27.8 Å². The van der Waals surface area contributed by atoms with E-state index in [4.69, 9.17) is 4.74 Å². The molecule has 0 spiro atoms. The molecule has 0 aliphatic rings. The molecule has 2 N–H and O–H groups in total. The van der Waals surface area contributed by atoms with Crippen molar-refractivity contribution >= 4 is 17.9 Å². The van der Waals surface area contributed by atoms with E-state index in [1.165, 1.54) is 4.90 Å². The van der Waals surface area contributed by atoms with E-state index >= 15 is 0 Å². The van der Waals surface area contributed by atoms with Crippen molar-refractivity contribution in [3.05, 3.63) is 35.4 Å². The predicted molar refractivity (Wildman–Crippen MR) is 127 cm³/mol. The van der Waals surface area contributed by atoms with E-state index in [0.29, 0.717) is 6.42 Å². The highest BCUT2D eigenvalue weighted by Crippen LogP contribution is 2.25. The van der Waals surface area contributed by atoms with Crippen LogP contribution in [0.2, 0.25) is 0 Å². The van der Waals surface area contributed by atoms with Crippen LogP contribution >= 0.6 is 0 Å². The second-order valence-electron chi connectivity index (χ2n) is 10.8. The van der Waals surface area contributed by atoms with Crippen LogP contribution in [0.1, 0.15) is 79.0 Å². The van der Waals surface area contributed by atoms with Crippen LogP contribution in [0.3, 0.4) is 0 Å². The van der Waals surface area contributed by atoms with Crippen LogP contribution < -0.4 is 10.6 Å². The van der Waals surface area contributed by atoms with Gasteiger partial charge in [0.25, 0.3) is 0 Å². The van der Waals surface area contributed by atoms with Gasteiger partial charge in [-0.25, -0.2) is 4.79 Å². The summed E-state index contributed by atoms with van der Waals surface area (Å²) in [4.78, 5) is 40.7. The van der Waals surface area contributed by atoms with Crippen molar-refractivity contribution < 1.29 is 19.1 Å². The molecule has 2 atom stereocenters. The molecule has 0 bridgehead atoms. The molecule has 0 aromatic heterocycles. The Labute approximate surface area is 193 Å². The molecular formula is C25H41N3O4. The Morgan fingerprint density at radius 1 is 1.03 bits per heavy atom. The number of amides is 3. The number of nitrogens with one attached hydrogen (secondary N) is 2. The summed E-state index contributed by atoms with van der Waals surface area (Å²) in [6.07, 6.45) is -0.236. The number of benzene rings is 1. The van der Waals surface area contributed by atoms with Gasteiger partial charge in [-0.2, -0.15) is 0 Å². The van der Waals surface area contributed by atoms with E-state index < -0.39 is 29.3 Å². The Balaban J connectivity index is 3.29. The molecule has 2 unspecified atom stereocenters. The van der Waals surface area contributed by atoms with Gasteiger partial charge in [0, 0.05) is 12.6 Å². The number of hydrogen-bond acceptors (Lipinski definition) is 4. The third-order valence-electron chi connectivity index (χ3n) is 4.66. The number of aryl methyl sites for hydroxylation is 1. The summed E-state index contributed by atoms with van der Waals surface area (Å²) in [5, 5.41) is 5.70. The maximum atomic E-state index is 13.6. The van der Waals surface area contributed by atoms with Gasteiger partial charge in [-0.15, -0.1) is 0 Å². The number of carbonyl (C=O) groups is 3. The Morgan fingerprint density at radius 3 is 2.06 bits per heavy atom. The molecule has 0 fully saturated rings. The van der Waals surface area contributed by atoms with E-state index in [-0.39, 0.29) is 17.7 Å². The molecule has 7 nitrogen and oxygen atoms in total. The fourth-order valence-electron chi connectivity index (χ4n) is 3.37. The minimum absolute atomic E-state index is 0.146. The van der Waals surface area contributed by atoms with Crippen LogP contribution in [0.25, 0.3) is 0 Å². The zero-order valence-corrected chi connectivity index (χ0v) is 21.3. The summed E-state index contributed by atoms with van der Waals surface area (Å²) < 4.78 is 5.36. The summed E-state index contributed by atoms with van der Waals surface area (Å²) in [5.41, 5.74) is 0.499. The van der Waals surface area contributed by atoms with Crippen molar-refractivity contribution in [3.63, 3.8) is 0 Å². The van der Waals surface area contributed by atoms with Crippen LogP contribution in [0.15, 0.2) is 24.3 Å². The van der Waals surface area contributed by atoms with Gasteiger partial charge in [-0.05, 0) is 71.9 Å². The SMILES string of the molecule is Cc1ccccc1C(C(=O)NC(C)(C)C)N(C)C(=O)C(CC(C)C)NC(=O)OC(C)(C)C. The van der Waals surface area contributed by atoms with Gasteiger partial charge in [0.2, 0.25) is 11.8 Å². The van der Waals surface area contributed by atoms with Crippen molar-refractivity contribution in [2.45, 2.75) is 92.0 Å². The van der Waals surface area contributed by atoms with Crippen molar-refractivity contribution in [1.29, 1.82) is 0 Å². The predicted octanol–water partition coefficient (Wildman–Crippen LogP) is 4.35. The highest BCUT2D eigenvalue weighted by molar-refractivity contribution is 5.92. The number of carbonyl (C=O) groups excluding carboxylic acids is 3. The molecule has 32 heavy (non-hydrogen) atoms. The minimum atomic E-state index is -0.835. The first kappa shape index (κ1) is 27.5. The number of nitrogens with zero attached hydrogens (tertiary/aromatic N) is 1. The monoisotopic (exact) mass is 447 g/mol. The fraction of sp³-hybridized carbons (Fsp3) is 0.640. The smallest absolute Gasteiger partial charge is 0.408 e. The van der Waals surface area contributed by atoms with Crippen LogP contribution in [0, 0.1) is 12.8 Å². The fourth-order valence-corrected chi connectivity index (χ4v) is 3.37. The topological polar surface area (TPSA) is 87.7 Å². The summed E-state index contributed by atoms with van der Waals surface area (Å²) in [7, 11) is 1.60. The van der Waals surface area contributed by atoms with E-state index in [0.717, 1.165) is 11.1 Å². The van der Waals surface area contributed by atoms with Gasteiger partial charge in [-0.3, -0.25) is 9.59 Å². The Kier molecular flexibility index (Phi) is 9.30. The van der Waals surface area contributed by atoms with E-state index in [1.807, 2.05) is 65.8 Å². The lowest BCUT2D eigenvalue weighted by molar-refractivity contribution is -0.141. The lowest BCUT2D eigenvalue weighted by atomic mass is 9.96. The first-order chi connectivity index (χ1) is 14.5. The van der Waals surface area contributed by atoms with Gasteiger partial charge < -0.3 is 20.3 Å². The molecule has 0 saturated heterocycles. The van der Waals surface area contributed by atoms with E-state index in [9.17, 15) is 14.4 Å². The van der Waals surface area contributed by atoms with Crippen LogP contribution in [0.5, 0.6) is 0 Å². The lowest BCUT2D eigenvalue weighted by Gasteiger charge is -2.34. The van der Waals surface area contributed by atoms with Crippen LogP contribution in [0.4, 0.5) is 4.79 Å². The minimum Gasteiger partial charge on any atom is -0.444 e. The third-order valence-corrected chi connectivity index (χ3v) is 4.66. The molecule has 7 heteroatoms. The van der Waals surface area contributed by atoms with Crippen molar-refractivity contribution in [2.24, 2.45) is 5.92 Å². The third kappa shape index (κ3) is 8.89. The number of ether oxygens (including phenoxy) is 1. The highest BCUT2D eigenvalue weighted by Gasteiger charge is 2.36. The Bertz CT molecular complexity index is 806. The molecule has 0 aliphatic carbocycles. The molecule has 0 radical (unpaired) electrons. The summed E-state index contributed by atoms with van der Waals surface area (Å²) in [6.45, 7) is 16.8. The van der Waals surface area contributed by atoms with Gasteiger partial charge in [0.1, 0.15) is 17.7 Å². The van der Waals surface area contributed by atoms with Crippen molar-refractivity contribution in [3.8, 4) is 0 Å². The number of likely N-dealkylation sites (N-methyl/N-ethyl adjacent to an activating group) is 1. The summed E-state index contributed by atoms with van der Waals surface area (Å²) in [5.74, 6) is -0.474. The Hall–Kier alpha value is -2.57.